The molecule has 0 aromatic carbocycles. The first-order valence-electron chi connectivity index (χ1n) is 8.91. The molecule has 4 rings (SSSR count). The van der Waals surface area contributed by atoms with Crippen molar-refractivity contribution >= 4 is 22.6 Å². The number of amides is 1. The van der Waals surface area contributed by atoms with Gasteiger partial charge in [0.2, 0.25) is 5.91 Å². The summed E-state index contributed by atoms with van der Waals surface area (Å²) >= 11 is 0. The van der Waals surface area contributed by atoms with Crippen molar-refractivity contribution in [3.63, 3.8) is 0 Å². The Morgan fingerprint density at radius 3 is 2.77 bits per heavy atom. The molecule has 7 nitrogen and oxygen atoms in total. The summed E-state index contributed by atoms with van der Waals surface area (Å²) in [4.78, 5) is 23.8. The van der Waals surface area contributed by atoms with Gasteiger partial charge in [0.05, 0.1) is 23.4 Å². The summed E-state index contributed by atoms with van der Waals surface area (Å²) in [6.45, 7) is 3.91. The van der Waals surface area contributed by atoms with E-state index in [0.717, 1.165) is 48.1 Å². The van der Waals surface area contributed by atoms with Crippen LogP contribution in [0.5, 0.6) is 0 Å². The summed E-state index contributed by atoms with van der Waals surface area (Å²) in [7, 11) is 1.88. The highest BCUT2D eigenvalue weighted by Crippen LogP contribution is 2.22. The van der Waals surface area contributed by atoms with Gasteiger partial charge in [0.25, 0.3) is 0 Å². The number of fused-ring (bicyclic) bond motifs is 1. The van der Waals surface area contributed by atoms with Crippen LogP contribution in [-0.2, 0) is 11.8 Å². The van der Waals surface area contributed by atoms with Crippen LogP contribution in [0.1, 0.15) is 19.8 Å². The van der Waals surface area contributed by atoms with Gasteiger partial charge in [0.15, 0.2) is 0 Å². The number of aromatic nitrogens is 4. The molecular formula is C19H22N6O. The fraction of sp³-hybridized carbons (Fsp3) is 0.368. The molecule has 3 aromatic heterocycles. The van der Waals surface area contributed by atoms with E-state index in [-0.39, 0.29) is 11.9 Å². The van der Waals surface area contributed by atoms with E-state index < -0.39 is 0 Å². The third-order valence-corrected chi connectivity index (χ3v) is 4.89. The van der Waals surface area contributed by atoms with Crippen molar-refractivity contribution in [2.45, 2.75) is 25.8 Å². The molecule has 7 heteroatoms. The monoisotopic (exact) mass is 350 g/mol. The molecule has 26 heavy (non-hydrogen) atoms. The van der Waals surface area contributed by atoms with Crippen LogP contribution in [0.2, 0.25) is 0 Å². The van der Waals surface area contributed by atoms with Crippen molar-refractivity contribution in [1.29, 1.82) is 0 Å². The van der Waals surface area contributed by atoms with Gasteiger partial charge in [-0.3, -0.25) is 14.4 Å². The van der Waals surface area contributed by atoms with E-state index in [1.54, 1.807) is 17.1 Å². The number of carbonyl (C=O) groups is 1. The van der Waals surface area contributed by atoms with E-state index in [2.05, 4.69) is 20.3 Å². The molecule has 1 amide bonds. The van der Waals surface area contributed by atoms with Crippen molar-refractivity contribution in [3.05, 3.63) is 36.8 Å². The van der Waals surface area contributed by atoms with Crippen molar-refractivity contribution < 1.29 is 4.79 Å². The molecule has 0 unspecified atom stereocenters. The van der Waals surface area contributed by atoms with Crippen LogP contribution >= 0.6 is 0 Å². The molecule has 1 aliphatic heterocycles. The zero-order valence-electron chi connectivity index (χ0n) is 15.0. The van der Waals surface area contributed by atoms with Crippen molar-refractivity contribution in [2.75, 3.05) is 18.4 Å². The van der Waals surface area contributed by atoms with Crippen molar-refractivity contribution in [2.24, 2.45) is 7.05 Å². The highest BCUT2D eigenvalue weighted by atomic mass is 16.2. The molecule has 1 fully saturated rings. The molecule has 3 aromatic rings. The Hall–Kier alpha value is -2.80. The Bertz CT molecular complexity index is 944. The maximum absolute atomic E-state index is 12.5. The first-order chi connectivity index (χ1) is 12.6. The number of aryl methyl sites for hydroxylation is 1. The van der Waals surface area contributed by atoms with E-state index in [9.17, 15) is 4.79 Å². The number of likely N-dealkylation sites (tertiary alicyclic amines) is 1. The fourth-order valence-corrected chi connectivity index (χ4v) is 3.32. The first-order valence-corrected chi connectivity index (χ1v) is 8.91. The molecule has 1 saturated heterocycles. The summed E-state index contributed by atoms with van der Waals surface area (Å²) in [5, 5.41) is 8.05. The number of nitrogens with zero attached hydrogens (tertiary/aromatic N) is 5. The van der Waals surface area contributed by atoms with Gasteiger partial charge in [-0.2, -0.15) is 5.10 Å². The lowest BCUT2D eigenvalue weighted by atomic mass is 10.2. The highest BCUT2D eigenvalue weighted by Gasteiger charge is 2.24. The largest absolute Gasteiger partial charge is 0.309 e. The van der Waals surface area contributed by atoms with Gasteiger partial charge in [0.1, 0.15) is 5.82 Å². The van der Waals surface area contributed by atoms with Crippen LogP contribution in [0.25, 0.3) is 22.2 Å². The molecule has 4 heterocycles. The standard InChI is InChI=1S/C19H22N6O/c1-13(25-7-3-4-8-25)19(26)23-18-9-17-14(10-20-18)5-6-16(22-17)15-11-21-24(2)12-15/h5-6,9-13H,3-4,7-8H2,1-2H3,(H,20,23,26)/t13-/m1/s1. The topological polar surface area (TPSA) is 75.9 Å². The van der Waals surface area contributed by atoms with E-state index in [0.29, 0.717) is 5.82 Å². The summed E-state index contributed by atoms with van der Waals surface area (Å²) in [6.07, 6.45) is 7.77. The Morgan fingerprint density at radius 2 is 2.04 bits per heavy atom. The summed E-state index contributed by atoms with van der Waals surface area (Å²) in [5.74, 6) is 0.506. The van der Waals surface area contributed by atoms with Crippen LogP contribution in [0.3, 0.4) is 0 Å². The first kappa shape index (κ1) is 16.7. The van der Waals surface area contributed by atoms with Crippen molar-refractivity contribution in [3.8, 4) is 11.3 Å². The van der Waals surface area contributed by atoms with Gasteiger partial charge in [0, 0.05) is 36.5 Å². The lowest BCUT2D eigenvalue weighted by Gasteiger charge is -2.22. The van der Waals surface area contributed by atoms with Gasteiger partial charge in [-0.1, -0.05) is 0 Å². The number of rotatable bonds is 4. The number of hydrogen-bond acceptors (Lipinski definition) is 5. The van der Waals surface area contributed by atoms with Gasteiger partial charge in [-0.15, -0.1) is 0 Å². The second-order valence-electron chi connectivity index (χ2n) is 6.77. The molecule has 1 N–H and O–H groups in total. The number of hydrogen-bond donors (Lipinski definition) is 1. The SMILES string of the molecule is C[C@H](C(=O)Nc1cc2nc(-c3cnn(C)c3)ccc2cn1)N1CCCC1. The molecule has 0 spiro atoms. The average molecular weight is 350 g/mol. The Balaban J connectivity index is 1.57. The third-order valence-electron chi connectivity index (χ3n) is 4.89. The average Bonchev–Trinajstić information content (AvgIpc) is 3.32. The summed E-state index contributed by atoms with van der Waals surface area (Å²) in [6, 6.07) is 5.61. The predicted molar refractivity (Wildman–Crippen MR) is 101 cm³/mol. The fourth-order valence-electron chi connectivity index (χ4n) is 3.32. The molecule has 0 radical (unpaired) electrons. The number of carbonyl (C=O) groups excluding carboxylic acids is 1. The second kappa shape index (κ2) is 6.84. The minimum atomic E-state index is -0.148. The molecule has 0 saturated carbocycles. The lowest BCUT2D eigenvalue weighted by Crippen LogP contribution is -2.40. The van der Waals surface area contributed by atoms with Crippen LogP contribution in [0.4, 0.5) is 5.82 Å². The zero-order chi connectivity index (χ0) is 18.1. The molecule has 1 aliphatic rings. The Labute approximate surface area is 152 Å². The summed E-state index contributed by atoms with van der Waals surface area (Å²) in [5.41, 5.74) is 2.60. The van der Waals surface area contributed by atoms with E-state index in [4.69, 9.17) is 4.98 Å². The highest BCUT2D eigenvalue weighted by molar-refractivity contribution is 5.95. The minimum Gasteiger partial charge on any atom is -0.309 e. The minimum absolute atomic E-state index is 0.0258. The summed E-state index contributed by atoms with van der Waals surface area (Å²) < 4.78 is 1.75. The zero-order valence-corrected chi connectivity index (χ0v) is 15.0. The predicted octanol–water partition coefficient (Wildman–Crippen LogP) is 2.45. The maximum Gasteiger partial charge on any atom is 0.242 e. The number of nitrogens with one attached hydrogen (secondary N) is 1. The number of anilines is 1. The van der Waals surface area contributed by atoms with Gasteiger partial charge >= 0.3 is 0 Å². The second-order valence-corrected chi connectivity index (χ2v) is 6.77. The van der Waals surface area contributed by atoms with E-state index in [1.807, 2.05) is 38.4 Å². The van der Waals surface area contributed by atoms with Crippen LogP contribution in [-0.4, -0.2) is 49.7 Å². The molecule has 1 atom stereocenters. The smallest absolute Gasteiger partial charge is 0.242 e. The van der Waals surface area contributed by atoms with Crippen LogP contribution in [0.15, 0.2) is 36.8 Å². The van der Waals surface area contributed by atoms with Crippen LogP contribution < -0.4 is 5.32 Å². The molecule has 0 bridgehead atoms. The Morgan fingerprint density at radius 1 is 1.23 bits per heavy atom. The normalized spacial score (nSPS) is 16.1. The molecular weight excluding hydrogens is 328 g/mol. The number of pyridine rings is 2. The Kier molecular flexibility index (Phi) is 4.38. The molecule has 134 valence electrons. The van der Waals surface area contributed by atoms with Gasteiger partial charge in [-0.25, -0.2) is 9.97 Å². The van der Waals surface area contributed by atoms with Crippen molar-refractivity contribution in [1.82, 2.24) is 24.6 Å². The van der Waals surface area contributed by atoms with Gasteiger partial charge < -0.3 is 5.32 Å². The third kappa shape index (κ3) is 3.30. The van der Waals surface area contributed by atoms with E-state index >= 15 is 0 Å². The molecule has 0 aliphatic carbocycles. The van der Waals surface area contributed by atoms with E-state index in [1.165, 1.54) is 0 Å². The van der Waals surface area contributed by atoms with Crippen LogP contribution in [0, 0.1) is 0 Å². The maximum atomic E-state index is 12.5. The quantitative estimate of drug-likeness (QED) is 0.782. The lowest BCUT2D eigenvalue weighted by molar-refractivity contribution is -0.120. The van der Waals surface area contributed by atoms with Gasteiger partial charge in [-0.05, 0) is 45.0 Å².